The van der Waals surface area contributed by atoms with Crippen LogP contribution in [-0.2, 0) is 6.42 Å². The van der Waals surface area contributed by atoms with Crippen LogP contribution >= 0.6 is 0 Å². The third-order valence-corrected chi connectivity index (χ3v) is 3.67. The highest BCUT2D eigenvalue weighted by Gasteiger charge is 2.38. The van der Waals surface area contributed by atoms with Gasteiger partial charge in [-0.05, 0) is 49.4 Å². The van der Waals surface area contributed by atoms with Gasteiger partial charge in [0, 0.05) is 6.04 Å². The predicted octanol–water partition coefficient (Wildman–Crippen LogP) is 3.15. The molecule has 1 aromatic carbocycles. The zero-order valence-corrected chi connectivity index (χ0v) is 10.4. The molecule has 0 radical (unpaired) electrons. The Morgan fingerprint density at radius 1 is 1.27 bits per heavy atom. The molecule has 0 bridgehead atoms. The van der Waals surface area contributed by atoms with E-state index >= 15 is 0 Å². The van der Waals surface area contributed by atoms with Crippen LogP contribution in [0.1, 0.15) is 42.1 Å². The van der Waals surface area contributed by atoms with Gasteiger partial charge in [0.25, 0.3) is 0 Å². The largest absolute Gasteiger partial charge is 0.313 e. The molecule has 1 N–H and O–H groups in total. The minimum Gasteiger partial charge on any atom is -0.313 e. The summed E-state index contributed by atoms with van der Waals surface area (Å²) >= 11 is 0. The molecular weight excluding hydrogens is 182 g/mol. The van der Waals surface area contributed by atoms with E-state index in [2.05, 4.69) is 52.2 Å². The van der Waals surface area contributed by atoms with Crippen molar-refractivity contribution in [2.24, 2.45) is 5.41 Å². The number of hydrogen-bond donors (Lipinski definition) is 1. The molecule has 0 heterocycles. The van der Waals surface area contributed by atoms with E-state index in [1.54, 1.807) is 5.56 Å². The highest BCUT2D eigenvalue weighted by Crippen LogP contribution is 2.46. The predicted molar refractivity (Wildman–Crippen MR) is 65.2 cm³/mol. The Labute approximate surface area is 92.9 Å². The average Bonchev–Trinajstić information content (AvgIpc) is 2.36. The van der Waals surface area contributed by atoms with Crippen molar-refractivity contribution >= 4 is 0 Å². The van der Waals surface area contributed by atoms with Gasteiger partial charge in [-0.25, -0.2) is 0 Å². The third kappa shape index (κ3) is 1.59. The first-order valence-electron chi connectivity index (χ1n) is 5.73. The van der Waals surface area contributed by atoms with Crippen molar-refractivity contribution in [3.8, 4) is 0 Å². The van der Waals surface area contributed by atoms with Crippen LogP contribution in [0.5, 0.6) is 0 Å². The van der Waals surface area contributed by atoms with E-state index in [4.69, 9.17) is 0 Å². The Balaban J connectivity index is 2.58. The van der Waals surface area contributed by atoms with Crippen molar-refractivity contribution in [3.63, 3.8) is 0 Å². The van der Waals surface area contributed by atoms with Crippen molar-refractivity contribution in [1.29, 1.82) is 0 Å². The summed E-state index contributed by atoms with van der Waals surface area (Å²) in [6.07, 6.45) is 1.19. The number of rotatable bonds is 1. The fraction of sp³-hybridized carbons (Fsp3) is 0.571. The maximum Gasteiger partial charge on any atom is 0.0375 e. The average molecular weight is 203 g/mol. The number of benzene rings is 1. The molecule has 1 nitrogen and oxygen atoms in total. The van der Waals surface area contributed by atoms with E-state index in [1.165, 1.54) is 23.1 Å². The lowest BCUT2D eigenvalue weighted by Crippen LogP contribution is -2.28. The molecule has 1 unspecified atom stereocenters. The van der Waals surface area contributed by atoms with E-state index in [9.17, 15) is 0 Å². The Hall–Kier alpha value is -0.820. The second kappa shape index (κ2) is 3.34. The third-order valence-electron chi connectivity index (χ3n) is 3.67. The van der Waals surface area contributed by atoms with Crippen LogP contribution in [0, 0.1) is 19.3 Å². The topological polar surface area (TPSA) is 12.0 Å². The normalized spacial score (nSPS) is 22.9. The molecule has 1 aromatic rings. The van der Waals surface area contributed by atoms with Crippen molar-refractivity contribution in [1.82, 2.24) is 5.32 Å². The van der Waals surface area contributed by atoms with Gasteiger partial charge >= 0.3 is 0 Å². The van der Waals surface area contributed by atoms with Gasteiger partial charge in [-0.1, -0.05) is 31.5 Å². The molecule has 1 atom stereocenters. The van der Waals surface area contributed by atoms with Crippen LogP contribution in [0.2, 0.25) is 0 Å². The van der Waals surface area contributed by atoms with Gasteiger partial charge in [-0.15, -0.1) is 0 Å². The summed E-state index contributed by atoms with van der Waals surface area (Å²) in [7, 11) is 2.07. The molecular formula is C14H21N. The number of nitrogens with one attached hydrogen (secondary N) is 1. The van der Waals surface area contributed by atoms with Crippen LogP contribution in [0.15, 0.2) is 12.1 Å². The minimum absolute atomic E-state index is 0.343. The summed E-state index contributed by atoms with van der Waals surface area (Å²) in [5, 5.41) is 3.46. The van der Waals surface area contributed by atoms with Crippen molar-refractivity contribution in [2.75, 3.05) is 7.05 Å². The van der Waals surface area contributed by atoms with Gasteiger partial charge in [-0.3, -0.25) is 0 Å². The van der Waals surface area contributed by atoms with Gasteiger partial charge in [0.05, 0.1) is 0 Å². The van der Waals surface area contributed by atoms with Gasteiger partial charge in [-0.2, -0.15) is 0 Å². The maximum absolute atomic E-state index is 3.46. The molecule has 82 valence electrons. The number of fused-ring (bicyclic) bond motifs is 1. The molecule has 1 aliphatic carbocycles. The van der Waals surface area contributed by atoms with Crippen LogP contribution < -0.4 is 5.32 Å². The Morgan fingerprint density at radius 3 is 2.53 bits per heavy atom. The van der Waals surface area contributed by atoms with Gasteiger partial charge in [0.2, 0.25) is 0 Å². The molecule has 0 aliphatic heterocycles. The lowest BCUT2D eigenvalue weighted by atomic mass is 9.85. The van der Waals surface area contributed by atoms with E-state index in [-0.39, 0.29) is 0 Å². The highest BCUT2D eigenvalue weighted by molar-refractivity contribution is 5.45. The van der Waals surface area contributed by atoms with Gasteiger partial charge < -0.3 is 5.32 Å². The summed E-state index contributed by atoms with van der Waals surface area (Å²) in [5.74, 6) is 0. The first kappa shape index (κ1) is 10.7. The summed E-state index contributed by atoms with van der Waals surface area (Å²) < 4.78 is 0. The van der Waals surface area contributed by atoms with Gasteiger partial charge in [0.15, 0.2) is 0 Å². The van der Waals surface area contributed by atoms with Crippen LogP contribution in [0.4, 0.5) is 0 Å². The molecule has 1 heteroatoms. The Bertz CT molecular complexity index is 391. The smallest absolute Gasteiger partial charge is 0.0375 e. The molecule has 1 aliphatic rings. The van der Waals surface area contributed by atoms with Crippen LogP contribution in [-0.4, -0.2) is 7.05 Å². The molecule has 0 saturated carbocycles. The molecule has 0 saturated heterocycles. The Morgan fingerprint density at radius 2 is 1.93 bits per heavy atom. The molecule has 0 spiro atoms. The van der Waals surface area contributed by atoms with Crippen LogP contribution in [0.3, 0.4) is 0 Å². The SMILES string of the molecule is CNC1c2cc(C)cc(C)c2CC1(C)C. The summed E-state index contributed by atoms with van der Waals surface area (Å²) in [6, 6.07) is 5.15. The fourth-order valence-electron chi connectivity index (χ4n) is 3.05. The Kier molecular flexibility index (Phi) is 2.38. The summed E-state index contributed by atoms with van der Waals surface area (Å²) in [4.78, 5) is 0. The number of hydrogen-bond acceptors (Lipinski definition) is 1. The summed E-state index contributed by atoms with van der Waals surface area (Å²) in [6.45, 7) is 9.12. The van der Waals surface area contributed by atoms with E-state index < -0.39 is 0 Å². The van der Waals surface area contributed by atoms with E-state index in [1.807, 2.05) is 0 Å². The standard InChI is InChI=1S/C14H21N/c1-9-6-10(2)12-8-14(3,4)13(15-5)11(12)7-9/h6-7,13,15H,8H2,1-5H3. The van der Waals surface area contributed by atoms with E-state index in [0.717, 1.165) is 0 Å². The highest BCUT2D eigenvalue weighted by atomic mass is 14.9. The second-order valence-corrected chi connectivity index (χ2v) is 5.54. The second-order valence-electron chi connectivity index (χ2n) is 5.54. The van der Waals surface area contributed by atoms with Crippen molar-refractivity contribution in [3.05, 3.63) is 34.4 Å². The minimum atomic E-state index is 0.343. The molecule has 0 fully saturated rings. The van der Waals surface area contributed by atoms with Crippen LogP contribution in [0.25, 0.3) is 0 Å². The zero-order chi connectivity index (χ0) is 11.2. The van der Waals surface area contributed by atoms with E-state index in [0.29, 0.717) is 11.5 Å². The monoisotopic (exact) mass is 203 g/mol. The molecule has 0 amide bonds. The molecule has 15 heavy (non-hydrogen) atoms. The molecule has 2 rings (SSSR count). The maximum atomic E-state index is 3.46. The quantitative estimate of drug-likeness (QED) is 0.739. The van der Waals surface area contributed by atoms with Crippen molar-refractivity contribution in [2.45, 2.75) is 40.2 Å². The molecule has 0 aromatic heterocycles. The fourth-order valence-corrected chi connectivity index (χ4v) is 3.05. The first-order chi connectivity index (χ1) is 6.95. The lowest BCUT2D eigenvalue weighted by Gasteiger charge is -2.27. The summed E-state index contributed by atoms with van der Waals surface area (Å²) in [5.41, 5.74) is 6.25. The lowest BCUT2D eigenvalue weighted by molar-refractivity contribution is 0.282. The van der Waals surface area contributed by atoms with Gasteiger partial charge in [0.1, 0.15) is 0 Å². The van der Waals surface area contributed by atoms with Crippen molar-refractivity contribution < 1.29 is 0 Å². The first-order valence-corrected chi connectivity index (χ1v) is 5.73. The zero-order valence-electron chi connectivity index (χ0n) is 10.4. The number of aryl methyl sites for hydroxylation is 2.